The van der Waals surface area contributed by atoms with Crippen LogP contribution >= 0.6 is 11.3 Å². The molecule has 0 bridgehead atoms. The van der Waals surface area contributed by atoms with Crippen molar-refractivity contribution in [2.24, 2.45) is 0 Å². The Labute approximate surface area is 70.2 Å². The molecule has 0 aliphatic rings. The van der Waals surface area contributed by atoms with Gasteiger partial charge < -0.3 is 9.84 Å². The molecule has 0 saturated heterocycles. The van der Waals surface area contributed by atoms with Crippen LogP contribution in [0.25, 0.3) is 0 Å². The van der Waals surface area contributed by atoms with E-state index in [9.17, 15) is 14.9 Å². The minimum atomic E-state index is -1.48. The van der Waals surface area contributed by atoms with Gasteiger partial charge in [-0.1, -0.05) is 0 Å². The molecule has 0 aromatic carbocycles. The average molecular weight is 189 g/mol. The van der Waals surface area contributed by atoms with E-state index in [0.29, 0.717) is 11.3 Å². The Bertz CT molecular complexity index is 319. The number of rotatable bonds is 2. The molecule has 0 radical (unpaired) electrons. The van der Waals surface area contributed by atoms with Gasteiger partial charge in [0.15, 0.2) is 5.06 Å². The zero-order valence-electron chi connectivity index (χ0n) is 5.59. The fourth-order valence-electron chi connectivity index (χ4n) is 0.549. The molecule has 0 fully saturated rings. The highest BCUT2D eigenvalue weighted by Crippen LogP contribution is 2.30. The first kappa shape index (κ1) is 8.47. The Morgan fingerprint density at radius 3 is 2.75 bits per heavy atom. The number of carboxylic acid groups (broad SMARTS) is 1. The van der Waals surface area contributed by atoms with Gasteiger partial charge in [-0.25, -0.2) is 4.79 Å². The second-order valence-electron chi connectivity index (χ2n) is 1.72. The molecule has 1 heterocycles. The van der Waals surface area contributed by atoms with Crippen molar-refractivity contribution in [1.29, 1.82) is 0 Å². The van der Waals surface area contributed by atoms with Crippen molar-refractivity contribution in [2.45, 2.75) is 0 Å². The Hall–Kier alpha value is -1.63. The standard InChI is InChI=1S/C5H3NO5S/c7-5(8)11-4-2-1-3(12-4)6(9)10/h1-2H,(H,7,8). The molecular formula is C5H3NO5S. The maximum Gasteiger partial charge on any atom is 0.512 e. The van der Waals surface area contributed by atoms with E-state index in [0.717, 1.165) is 0 Å². The van der Waals surface area contributed by atoms with Crippen molar-refractivity contribution >= 4 is 22.5 Å². The molecule has 0 amide bonds. The van der Waals surface area contributed by atoms with Crippen molar-refractivity contribution in [3.8, 4) is 5.06 Å². The lowest BCUT2D eigenvalue weighted by Gasteiger charge is -1.89. The lowest BCUT2D eigenvalue weighted by Crippen LogP contribution is -2.00. The van der Waals surface area contributed by atoms with Gasteiger partial charge in [0.1, 0.15) is 0 Å². The molecule has 6 nitrogen and oxygen atoms in total. The SMILES string of the molecule is O=C(O)Oc1ccc([N+](=O)[O-])s1. The molecule has 1 aromatic heterocycles. The molecule has 12 heavy (non-hydrogen) atoms. The molecule has 1 aromatic rings. The van der Waals surface area contributed by atoms with E-state index in [2.05, 4.69) is 4.74 Å². The third-order valence-electron chi connectivity index (χ3n) is 0.935. The summed E-state index contributed by atoms with van der Waals surface area (Å²) < 4.78 is 4.18. The summed E-state index contributed by atoms with van der Waals surface area (Å²) in [5.74, 6) is 0. The molecular weight excluding hydrogens is 186 g/mol. The molecule has 0 spiro atoms. The van der Waals surface area contributed by atoms with Crippen LogP contribution in [-0.2, 0) is 0 Å². The third kappa shape index (κ3) is 1.92. The number of ether oxygens (including phenoxy) is 1. The van der Waals surface area contributed by atoms with Gasteiger partial charge in [0.25, 0.3) is 0 Å². The Kier molecular flexibility index (Phi) is 2.24. The van der Waals surface area contributed by atoms with E-state index >= 15 is 0 Å². The van der Waals surface area contributed by atoms with Gasteiger partial charge >= 0.3 is 11.2 Å². The highest BCUT2D eigenvalue weighted by molar-refractivity contribution is 7.17. The van der Waals surface area contributed by atoms with Crippen molar-refractivity contribution in [1.82, 2.24) is 0 Å². The van der Waals surface area contributed by atoms with E-state index in [1.807, 2.05) is 0 Å². The van der Waals surface area contributed by atoms with Gasteiger partial charge in [0.05, 0.1) is 4.92 Å². The van der Waals surface area contributed by atoms with Crippen LogP contribution in [0.3, 0.4) is 0 Å². The summed E-state index contributed by atoms with van der Waals surface area (Å²) in [6, 6.07) is 2.42. The molecule has 0 atom stereocenters. The summed E-state index contributed by atoms with van der Waals surface area (Å²) in [6.45, 7) is 0. The van der Waals surface area contributed by atoms with Gasteiger partial charge in [-0.05, 0) is 17.4 Å². The van der Waals surface area contributed by atoms with E-state index in [1.165, 1.54) is 12.1 Å². The summed E-state index contributed by atoms with van der Waals surface area (Å²) in [5.41, 5.74) is 0. The smallest absolute Gasteiger partial charge is 0.449 e. The molecule has 0 unspecified atom stereocenters. The van der Waals surface area contributed by atoms with Crippen LogP contribution in [0.1, 0.15) is 0 Å². The van der Waals surface area contributed by atoms with E-state index in [1.54, 1.807) is 0 Å². The molecule has 0 saturated carbocycles. The highest BCUT2D eigenvalue weighted by atomic mass is 32.1. The number of hydrogen-bond donors (Lipinski definition) is 1. The summed E-state index contributed by atoms with van der Waals surface area (Å²) in [5, 5.41) is 18.1. The predicted molar refractivity (Wildman–Crippen MR) is 39.6 cm³/mol. The number of carbonyl (C=O) groups is 1. The lowest BCUT2D eigenvalue weighted by atomic mass is 10.6. The Morgan fingerprint density at radius 2 is 2.33 bits per heavy atom. The van der Waals surface area contributed by atoms with Crippen molar-refractivity contribution in [2.75, 3.05) is 0 Å². The highest BCUT2D eigenvalue weighted by Gasteiger charge is 2.12. The Morgan fingerprint density at radius 1 is 1.67 bits per heavy atom. The first-order chi connectivity index (χ1) is 5.59. The third-order valence-corrected chi connectivity index (χ3v) is 1.85. The van der Waals surface area contributed by atoms with E-state index < -0.39 is 11.1 Å². The Balaban J connectivity index is 2.77. The number of nitro groups is 1. The topological polar surface area (TPSA) is 89.7 Å². The minimum Gasteiger partial charge on any atom is -0.449 e. The zero-order chi connectivity index (χ0) is 9.14. The minimum absolute atomic E-state index is 0.00537. The van der Waals surface area contributed by atoms with Crippen LogP contribution in [0.4, 0.5) is 9.80 Å². The lowest BCUT2D eigenvalue weighted by molar-refractivity contribution is -0.380. The normalized spacial score (nSPS) is 9.33. The largest absolute Gasteiger partial charge is 0.512 e. The first-order valence-electron chi connectivity index (χ1n) is 2.74. The summed E-state index contributed by atoms with van der Waals surface area (Å²) in [4.78, 5) is 19.5. The molecule has 7 heteroatoms. The predicted octanol–water partition coefficient (Wildman–Crippen LogP) is 1.71. The number of thiophene rings is 1. The molecule has 64 valence electrons. The van der Waals surface area contributed by atoms with Crippen molar-refractivity contribution in [3.05, 3.63) is 22.2 Å². The van der Waals surface area contributed by atoms with Crippen LogP contribution in [0.15, 0.2) is 12.1 Å². The van der Waals surface area contributed by atoms with Gasteiger partial charge in [-0.2, -0.15) is 0 Å². The average Bonchev–Trinajstić information content (AvgIpc) is 2.34. The zero-order valence-corrected chi connectivity index (χ0v) is 6.41. The second kappa shape index (κ2) is 3.18. The monoisotopic (exact) mass is 189 g/mol. The summed E-state index contributed by atoms with van der Waals surface area (Å²) >= 11 is 0.667. The first-order valence-corrected chi connectivity index (χ1v) is 3.56. The molecule has 0 aliphatic heterocycles. The maximum atomic E-state index is 10.1. The van der Waals surface area contributed by atoms with Gasteiger partial charge in [0.2, 0.25) is 0 Å². The molecule has 1 rings (SSSR count). The number of nitrogens with zero attached hydrogens (tertiary/aromatic N) is 1. The van der Waals surface area contributed by atoms with E-state index in [-0.39, 0.29) is 10.1 Å². The molecule has 0 aliphatic carbocycles. The van der Waals surface area contributed by atoms with Crippen molar-refractivity contribution in [3.63, 3.8) is 0 Å². The van der Waals surface area contributed by atoms with Crippen LogP contribution in [0.2, 0.25) is 0 Å². The van der Waals surface area contributed by atoms with Crippen LogP contribution in [0, 0.1) is 10.1 Å². The van der Waals surface area contributed by atoms with Crippen LogP contribution in [0.5, 0.6) is 5.06 Å². The summed E-state index contributed by atoms with van der Waals surface area (Å²) in [6.07, 6.45) is -1.48. The van der Waals surface area contributed by atoms with Crippen LogP contribution in [-0.4, -0.2) is 16.2 Å². The number of hydrogen-bond acceptors (Lipinski definition) is 5. The maximum absolute atomic E-state index is 10.1. The quantitative estimate of drug-likeness (QED) is 0.434. The fourth-order valence-corrected chi connectivity index (χ4v) is 1.22. The van der Waals surface area contributed by atoms with Gasteiger partial charge in [0, 0.05) is 6.07 Å². The van der Waals surface area contributed by atoms with E-state index in [4.69, 9.17) is 5.11 Å². The second-order valence-corrected chi connectivity index (χ2v) is 2.74. The molecule has 1 N–H and O–H groups in total. The summed E-state index contributed by atoms with van der Waals surface area (Å²) in [7, 11) is 0. The van der Waals surface area contributed by atoms with Crippen LogP contribution < -0.4 is 4.74 Å². The fraction of sp³-hybridized carbons (Fsp3) is 0. The van der Waals surface area contributed by atoms with Crippen molar-refractivity contribution < 1.29 is 19.6 Å². The van der Waals surface area contributed by atoms with Gasteiger partial charge in [-0.15, -0.1) is 0 Å². The van der Waals surface area contributed by atoms with Gasteiger partial charge in [-0.3, -0.25) is 10.1 Å².